The predicted molar refractivity (Wildman–Crippen MR) is 147 cm³/mol. The van der Waals surface area contributed by atoms with Crippen molar-refractivity contribution in [2.24, 2.45) is 11.8 Å². The Hall–Kier alpha value is -2.84. The lowest BCUT2D eigenvalue weighted by Crippen LogP contribution is -2.38. The van der Waals surface area contributed by atoms with Gasteiger partial charge in [0.05, 0.1) is 34.4 Å². The van der Waals surface area contributed by atoms with E-state index in [-0.39, 0.29) is 6.10 Å². The Morgan fingerprint density at radius 1 is 1.06 bits per heavy atom. The molecule has 0 amide bonds. The third-order valence-electron chi connectivity index (χ3n) is 6.54. The Bertz CT molecular complexity index is 1130. The number of ether oxygens (including phenoxy) is 1. The lowest BCUT2D eigenvalue weighted by molar-refractivity contribution is 0.119. The van der Waals surface area contributed by atoms with Crippen molar-refractivity contribution in [2.75, 3.05) is 49.0 Å². The SMILES string of the molecule is CNc1cc(Nc2cc([C@@H](C)OC)cc(SC)n2)c(-c2ccc(N3CC(C)CC(C)C3)cn2)cn1. The Morgan fingerprint density at radius 3 is 2.46 bits per heavy atom. The molecule has 0 radical (unpaired) electrons. The number of hydrogen-bond donors (Lipinski definition) is 2. The largest absolute Gasteiger partial charge is 0.377 e. The maximum absolute atomic E-state index is 5.55. The van der Waals surface area contributed by atoms with Crippen LogP contribution in [-0.2, 0) is 4.74 Å². The first-order valence-electron chi connectivity index (χ1n) is 12.1. The highest BCUT2D eigenvalue weighted by Gasteiger charge is 2.22. The maximum Gasteiger partial charge on any atom is 0.132 e. The molecule has 2 unspecified atom stereocenters. The Morgan fingerprint density at radius 2 is 1.83 bits per heavy atom. The molecule has 4 heterocycles. The lowest BCUT2D eigenvalue weighted by atomic mass is 9.91. The molecule has 1 saturated heterocycles. The first kappa shape index (κ1) is 25.3. The van der Waals surface area contributed by atoms with E-state index in [1.54, 1.807) is 18.9 Å². The summed E-state index contributed by atoms with van der Waals surface area (Å²) < 4.78 is 5.55. The van der Waals surface area contributed by atoms with Gasteiger partial charge in [-0.25, -0.2) is 9.97 Å². The second-order valence-electron chi connectivity index (χ2n) is 9.45. The Balaban J connectivity index is 1.65. The lowest BCUT2D eigenvalue weighted by Gasteiger charge is -2.36. The first-order valence-corrected chi connectivity index (χ1v) is 13.4. The molecule has 3 aromatic rings. The third-order valence-corrected chi connectivity index (χ3v) is 7.16. The van der Waals surface area contributed by atoms with Crippen molar-refractivity contribution in [2.45, 2.75) is 38.3 Å². The number of aromatic nitrogens is 3. The van der Waals surface area contributed by atoms with Gasteiger partial charge >= 0.3 is 0 Å². The van der Waals surface area contributed by atoms with Crippen molar-refractivity contribution in [3.63, 3.8) is 0 Å². The molecule has 0 saturated carbocycles. The standard InChI is InChI=1S/C27H36N6OS/c1-17-9-18(2)16-33(15-17)21-7-8-23(29-13-21)22-14-30-25(28-4)12-24(22)31-26-10-20(19(3)34-5)11-27(32-26)35-6/h7-8,10-14,17-19H,9,15-16H2,1-6H3,(H2,28,30,31,32)/t17?,18?,19-/m1/s1. The molecule has 0 aromatic carbocycles. The fourth-order valence-corrected chi connectivity index (χ4v) is 5.15. The van der Waals surface area contributed by atoms with Crippen LogP contribution >= 0.6 is 11.8 Å². The molecule has 2 N–H and O–H groups in total. The highest BCUT2D eigenvalue weighted by Crippen LogP contribution is 2.33. The van der Waals surface area contributed by atoms with Crippen molar-refractivity contribution in [3.8, 4) is 11.3 Å². The molecule has 3 aromatic heterocycles. The van der Waals surface area contributed by atoms with Crippen LogP contribution in [0.4, 0.5) is 23.0 Å². The number of rotatable bonds is 8. The summed E-state index contributed by atoms with van der Waals surface area (Å²) in [6, 6.07) is 10.4. The summed E-state index contributed by atoms with van der Waals surface area (Å²) in [6.45, 7) is 8.86. The first-order chi connectivity index (χ1) is 16.9. The van der Waals surface area contributed by atoms with Crippen LogP contribution < -0.4 is 15.5 Å². The maximum atomic E-state index is 5.55. The number of hydrogen-bond acceptors (Lipinski definition) is 8. The van der Waals surface area contributed by atoms with E-state index in [1.807, 2.05) is 44.8 Å². The van der Waals surface area contributed by atoms with Crippen LogP contribution in [0.5, 0.6) is 0 Å². The number of thioether (sulfide) groups is 1. The van der Waals surface area contributed by atoms with Gasteiger partial charge in [0.15, 0.2) is 0 Å². The summed E-state index contributed by atoms with van der Waals surface area (Å²) in [5, 5.41) is 7.59. The molecule has 1 aliphatic heterocycles. The number of nitrogens with one attached hydrogen (secondary N) is 2. The third kappa shape index (κ3) is 6.05. The van der Waals surface area contributed by atoms with Crippen molar-refractivity contribution in [3.05, 3.63) is 48.3 Å². The fourth-order valence-electron chi connectivity index (χ4n) is 4.71. The highest BCUT2D eigenvalue weighted by molar-refractivity contribution is 7.98. The summed E-state index contributed by atoms with van der Waals surface area (Å²) in [5.74, 6) is 2.93. The molecule has 1 aliphatic rings. The van der Waals surface area contributed by atoms with Crippen LogP contribution in [0, 0.1) is 11.8 Å². The number of anilines is 4. The summed E-state index contributed by atoms with van der Waals surface area (Å²) in [7, 11) is 3.59. The fraction of sp³-hybridized carbons (Fsp3) is 0.444. The second kappa shape index (κ2) is 11.3. The molecule has 7 nitrogen and oxygen atoms in total. The van der Waals surface area contributed by atoms with Crippen LogP contribution in [0.3, 0.4) is 0 Å². The molecule has 186 valence electrons. The Kier molecular flexibility index (Phi) is 8.13. The normalized spacial score (nSPS) is 18.9. The van der Waals surface area contributed by atoms with E-state index in [2.05, 4.69) is 52.6 Å². The molecule has 8 heteroatoms. The molecule has 1 fully saturated rings. The molecule has 0 bridgehead atoms. The highest BCUT2D eigenvalue weighted by atomic mass is 32.2. The number of piperidine rings is 1. The van der Waals surface area contributed by atoms with Gasteiger partial charge in [-0.1, -0.05) is 13.8 Å². The average molecular weight is 493 g/mol. The molecule has 3 atom stereocenters. The second-order valence-corrected chi connectivity index (χ2v) is 10.3. The molecular weight excluding hydrogens is 456 g/mol. The number of nitrogens with zero attached hydrogens (tertiary/aromatic N) is 4. The van der Waals surface area contributed by atoms with Gasteiger partial charge in [-0.2, -0.15) is 0 Å². The molecule has 35 heavy (non-hydrogen) atoms. The van der Waals surface area contributed by atoms with E-state index < -0.39 is 0 Å². The minimum absolute atomic E-state index is 0.0244. The topological polar surface area (TPSA) is 75.2 Å². The van der Waals surface area contributed by atoms with Gasteiger partial charge in [0, 0.05) is 45.1 Å². The van der Waals surface area contributed by atoms with Gasteiger partial charge in [0.25, 0.3) is 0 Å². The zero-order chi connectivity index (χ0) is 24.9. The molecule has 0 spiro atoms. The summed E-state index contributed by atoms with van der Waals surface area (Å²) >= 11 is 1.61. The van der Waals surface area contributed by atoms with Crippen LogP contribution in [-0.4, -0.2) is 48.5 Å². The Labute approximate surface area is 213 Å². The number of methoxy groups -OCH3 is 1. The van der Waals surface area contributed by atoms with Gasteiger partial charge in [-0.15, -0.1) is 11.8 Å². The van der Waals surface area contributed by atoms with E-state index in [0.29, 0.717) is 11.8 Å². The van der Waals surface area contributed by atoms with Crippen molar-refractivity contribution >= 4 is 34.8 Å². The van der Waals surface area contributed by atoms with Gasteiger partial charge < -0.3 is 20.3 Å². The van der Waals surface area contributed by atoms with E-state index in [0.717, 1.165) is 52.3 Å². The predicted octanol–water partition coefficient (Wildman–Crippen LogP) is 6.24. The average Bonchev–Trinajstić information content (AvgIpc) is 2.87. The van der Waals surface area contributed by atoms with E-state index in [1.165, 1.54) is 12.1 Å². The van der Waals surface area contributed by atoms with Crippen molar-refractivity contribution in [1.29, 1.82) is 0 Å². The smallest absolute Gasteiger partial charge is 0.132 e. The van der Waals surface area contributed by atoms with Crippen LogP contribution in [0.1, 0.15) is 38.9 Å². The van der Waals surface area contributed by atoms with Crippen LogP contribution in [0.25, 0.3) is 11.3 Å². The zero-order valence-electron chi connectivity index (χ0n) is 21.5. The van der Waals surface area contributed by atoms with Crippen LogP contribution in [0.15, 0.2) is 47.8 Å². The van der Waals surface area contributed by atoms with Gasteiger partial charge in [0.2, 0.25) is 0 Å². The summed E-state index contributed by atoms with van der Waals surface area (Å²) in [6.07, 6.45) is 7.14. The summed E-state index contributed by atoms with van der Waals surface area (Å²) in [4.78, 5) is 16.6. The van der Waals surface area contributed by atoms with Gasteiger partial charge in [-0.3, -0.25) is 4.98 Å². The summed E-state index contributed by atoms with van der Waals surface area (Å²) in [5.41, 5.74) is 4.94. The van der Waals surface area contributed by atoms with Crippen LogP contribution in [0.2, 0.25) is 0 Å². The van der Waals surface area contributed by atoms with E-state index in [4.69, 9.17) is 14.7 Å². The minimum Gasteiger partial charge on any atom is -0.377 e. The zero-order valence-corrected chi connectivity index (χ0v) is 22.3. The molecule has 0 aliphatic carbocycles. The molecular formula is C27H36N6OS. The van der Waals surface area contributed by atoms with Gasteiger partial charge in [0.1, 0.15) is 11.6 Å². The molecule has 4 rings (SSSR count). The monoisotopic (exact) mass is 492 g/mol. The minimum atomic E-state index is -0.0244. The quantitative estimate of drug-likeness (QED) is 0.358. The van der Waals surface area contributed by atoms with E-state index >= 15 is 0 Å². The van der Waals surface area contributed by atoms with Gasteiger partial charge in [-0.05, 0) is 61.3 Å². The van der Waals surface area contributed by atoms with Crippen molar-refractivity contribution < 1.29 is 4.74 Å². The van der Waals surface area contributed by atoms with Crippen molar-refractivity contribution in [1.82, 2.24) is 15.0 Å². The van der Waals surface area contributed by atoms with E-state index in [9.17, 15) is 0 Å². The number of pyridine rings is 3.